The topological polar surface area (TPSA) is 27.6 Å². The molecule has 1 unspecified atom stereocenters. The molecule has 37 heavy (non-hydrogen) atoms. The zero-order valence-corrected chi connectivity index (χ0v) is 23.0. The Labute approximate surface area is 223 Å². The van der Waals surface area contributed by atoms with E-state index in [9.17, 15) is 0 Å². The molecule has 0 fully saturated rings. The van der Waals surface area contributed by atoms with Crippen LogP contribution >= 0.6 is 0 Å². The Morgan fingerprint density at radius 1 is 0.541 bits per heavy atom. The average Bonchev–Trinajstić information content (AvgIpc) is 2.94. The summed E-state index contributed by atoms with van der Waals surface area (Å²) in [5.41, 5.74) is 14.1. The van der Waals surface area contributed by atoms with Crippen LogP contribution in [0.15, 0.2) is 144 Å². The molecule has 0 bridgehead atoms. The maximum Gasteiger partial charge on any atom is 0.115 e. The second-order valence-corrected chi connectivity index (χ2v) is 11.0. The predicted octanol–water partition coefficient (Wildman–Crippen LogP) is 4.98. The molecule has 4 aromatic rings. The lowest BCUT2D eigenvalue weighted by atomic mass is 9.13. The Morgan fingerprint density at radius 2 is 0.838 bits per heavy atom. The monoisotopic (exact) mass is 485 g/mol. The lowest BCUT2D eigenvalue weighted by Gasteiger charge is -2.44. The number of quaternary nitrogens is 1. The van der Waals surface area contributed by atoms with Crippen molar-refractivity contribution >= 4 is 28.0 Å². The maximum absolute atomic E-state index is 4.21. The molecule has 0 radical (unpaired) electrons. The molecule has 0 saturated heterocycles. The smallest absolute Gasteiger partial charge is 0.115 e. The normalized spacial score (nSPS) is 16.9. The molecule has 0 spiro atoms. The van der Waals surface area contributed by atoms with E-state index in [1.807, 2.05) is 0 Å². The van der Waals surface area contributed by atoms with Gasteiger partial charge in [0.2, 0.25) is 0 Å². The minimum Gasteiger partial charge on any atom is -0.351 e. The molecule has 1 aliphatic carbocycles. The van der Waals surface area contributed by atoms with E-state index in [1.54, 1.807) is 0 Å². The highest BCUT2D eigenvalue weighted by molar-refractivity contribution is 7.19. The van der Waals surface area contributed by atoms with Crippen molar-refractivity contribution in [3.63, 3.8) is 0 Å². The van der Waals surface area contributed by atoms with Gasteiger partial charge in [0.1, 0.15) is 12.2 Å². The molecule has 5 rings (SSSR count). The highest BCUT2D eigenvalue weighted by Gasteiger charge is 2.36. The van der Waals surface area contributed by atoms with Crippen LogP contribution < -0.4 is 27.6 Å². The average molecular weight is 486 g/mol. The molecule has 0 saturated carbocycles. The molecule has 0 aromatic heterocycles. The number of benzene rings is 4. The van der Waals surface area contributed by atoms with Gasteiger partial charge in [-0.25, -0.2) is 0 Å². The van der Waals surface area contributed by atoms with Crippen LogP contribution in [0.5, 0.6) is 0 Å². The van der Waals surface area contributed by atoms with E-state index in [0.29, 0.717) is 6.04 Å². The van der Waals surface area contributed by atoms with Gasteiger partial charge < -0.3 is 5.73 Å². The molecule has 4 aromatic carbocycles. The Kier molecular flexibility index (Phi) is 8.00. The molecule has 2 heteroatoms. The van der Waals surface area contributed by atoms with Crippen molar-refractivity contribution in [1.82, 2.24) is 0 Å². The van der Waals surface area contributed by atoms with Crippen LogP contribution in [-0.4, -0.2) is 12.2 Å². The van der Waals surface area contributed by atoms with E-state index >= 15 is 0 Å². The molecular formula is C35H40BN. The van der Waals surface area contributed by atoms with Gasteiger partial charge in [-0.05, 0) is 26.3 Å². The predicted molar refractivity (Wildman–Crippen MR) is 163 cm³/mol. The molecule has 1 atom stereocenters. The summed E-state index contributed by atoms with van der Waals surface area (Å²) in [5.74, 6) is 0. The summed E-state index contributed by atoms with van der Waals surface area (Å²) in [6.45, 7) is 11.1. The van der Waals surface area contributed by atoms with Gasteiger partial charge >= 0.3 is 0 Å². The van der Waals surface area contributed by atoms with Crippen molar-refractivity contribution in [3.05, 3.63) is 144 Å². The minimum absolute atomic E-state index is 0.239. The van der Waals surface area contributed by atoms with Gasteiger partial charge in [0.15, 0.2) is 0 Å². The fourth-order valence-electron chi connectivity index (χ4n) is 6.01. The first-order valence-corrected chi connectivity index (χ1v) is 13.4. The van der Waals surface area contributed by atoms with Gasteiger partial charge in [-0.15, -0.1) is 0 Å². The maximum atomic E-state index is 4.21. The first-order chi connectivity index (χ1) is 17.8. The number of allylic oxidation sites excluding steroid dienone is 2. The van der Waals surface area contributed by atoms with Crippen molar-refractivity contribution in [2.45, 2.75) is 40.7 Å². The Bertz CT molecular complexity index is 1190. The summed E-state index contributed by atoms with van der Waals surface area (Å²) < 4.78 is 0. The van der Waals surface area contributed by atoms with Crippen molar-refractivity contribution in [2.75, 3.05) is 0 Å². The van der Waals surface area contributed by atoms with Crippen molar-refractivity contribution in [3.8, 4) is 0 Å². The van der Waals surface area contributed by atoms with Gasteiger partial charge in [0.25, 0.3) is 0 Å². The highest BCUT2D eigenvalue weighted by atomic mass is 14.7. The van der Waals surface area contributed by atoms with Crippen LogP contribution in [-0.2, 0) is 0 Å². The molecule has 1 aliphatic rings. The fraction of sp³-hybridized carbons (Fsp3) is 0.200. The number of hydrogen-bond donors (Lipinski definition) is 1. The van der Waals surface area contributed by atoms with Crippen LogP contribution in [0.25, 0.3) is 0 Å². The SMILES string of the molecule is CC1=CC(C)=C(C)C(C)(C)C1[NH3+].c1ccc([B-](c2ccccc2)(c2ccccc2)c2ccccc2)cc1. The zero-order chi connectivity index (χ0) is 26.5. The molecule has 3 N–H and O–H groups in total. The molecule has 0 amide bonds. The van der Waals surface area contributed by atoms with Crippen molar-refractivity contribution in [2.24, 2.45) is 5.41 Å². The van der Waals surface area contributed by atoms with Crippen LogP contribution in [0.3, 0.4) is 0 Å². The first-order valence-electron chi connectivity index (χ1n) is 13.4. The van der Waals surface area contributed by atoms with Gasteiger partial charge in [-0.3, -0.25) is 0 Å². The first kappa shape index (κ1) is 26.4. The van der Waals surface area contributed by atoms with Gasteiger partial charge in [0.05, 0.1) is 0 Å². The van der Waals surface area contributed by atoms with Crippen molar-refractivity contribution in [1.29, 1.82) is 0 Å². The lowest BCUT2D eigenvalue weighted by molar-refractivity contribution is -0.428. The second-order valence-electron chi connectivity index (χ2n) is 11.0. The van der Waals surface area contributed by atoms with Gasteiger partial charge in [-0.2, -0.15) is 21.9 Å². The Balaban J connectivity index is 0.000000225. The second kappa shape index (κ2) is 11.2. The highest BCUT2D eigenvalue weighted by Crippen LogP contribution is 2.37. The Hall–Kier alpha value is -3.62. The van der Waals surface area contributed by atoms with E-state index < -0.39 is 6.15 Å². The molecule has 0 aliphatic heterocycles. The van der Waals surface area contributed by atoms with Crippen LogP contribution in [0.1, 0.15) is 34.6 Å². The van der Waals surface area contributed by atoms with E-state index in [0.717, 1.165) is 0 Å². The summed E-state index contributed by atoms with van der Waals surface area (Å²) in [7, 11) is 0. The molecule has 1 nitrogen and oxygen atoms in total. The zero-order valence-electron chi connectivity index (χ0n) is 23.0. The van der Waals surface area contributed by atoms with E-state index in [2.05, 4.69) is 168 Å². The van der Waals surface area contributed by atoms with Crippen LogP contribution in [0.4, 0.5) is 0 Å². The van der Waals surface area contributed by atoms with Crippen molar-refractivity contribution < 1.29 is 5.73 Å². The summed E-state index contributed by atoms with van der Waals surface area (Å²) >= 11 is 0. The van der Waals surface area contributed by atoms with Gasteiger partial charge in [0, 0.05) is 5.41 Å². The minimum atomic E-state index is -1.22. The number of hydrogen-bond acceptors (Lipinski definition) is 0. The molecule has 0 heterocycles. The standard InChI is InChI=1S/C24H20B.C11H19N/c1-5-13-21(14-6-1)25(22-15-7-2-8-16-22,23-17-9-3-10-18-23)24-19-11-4-12-20-24;1-7-6-8(2)10(12)11(4,5)9(7)3/h1-20H;6,10H,12H2,1-5H3/q-1;/p+1. The fourth-order valence-corrected chi connectivity index (χ4v) is 6.01. The summed E-state index contributed by atoms with van der Waals surface area (Å²) in [6, 6.07) is 44.0. The lowest BCUT2D eigenvalue weighted by Crippen LogP contribution is -2.74. The third-order valence-electron chi connectivity index (χ3n) is 8.62. The largest absolute Gasteiger partial charge is 0.351 e. The summed E-state index contributed by atoms with van der Waals surface area (Å²) in [6.07, 6.45) is 1.05. The van der Waals surface area contributed by atoms with Gasteiger partial charge in [-0.1, -0.05) is 152 Å². The van der Waals surface area contributed by atoms with Crippen LogP contribution in [0.2, 0.25) is 0 Å². The van der Waals surface area contributed by atoms with E-state index in [1.165, 1.54) is 38.6 Å². The third kappa shape index (κ3) is 5.12. The van der Waals surface area contributed by atoms with E-state index in [4.69, 9.17) is 0 Å². The van der Waals surface area contributed by atoms with Crippen LogP contribution in [0, 0.1) is 5.41 Å². The third-order valence-corrected chi connectivity index (χ3v) is 8.62. The molecule has 188 valence electrons. The Morgan fingerprint density at radius 3 is 1.14 bits per heavy atom. The quantitative estimate of drug-likeness (QED) is 0.395. The number of rotatable bonds is 4. The summed E-state index contributed by atoms with van der Waals surface area (Å²) in [5, 5.41) is 0. The summed E-state index contributed by atoms with van der Waals surface area (Å²) in [4.78, 5) is 0. The van der Waals surface area contributed by atoms with E-state index in [-0.39, 0.29) is 5.41 Å². The molecular weight excluding hydrogens is 445 g/mol.